The maximum Gasteiger partial charge on any atom is 0.230 e. The van der Waals surface area contributed by atoms with Gasteiger partial charge in [0.1, 0.15) is 28.8 Å². The number of rotatable bonds is 9. The molecule has 0 aliphatic heterocycles. The molecule has 0 saturated carbocycles. The zero-order valence-electron chi connectivity index (χ0n) is 23.2. The number of nitrogens with two attached hydrogens (primary N) is 1. The summed E-state index contributed by atoms with van der Waals surface area (Å²) in [6.07, 6.45) is 0. The number of aryl methyl sites for hydroxylation is 4. The minimum Gasteiger partial charge on any atom is -0.496 e. The fraction of sp³-hybridized carbons (Fsp3) is 0.233. The molecule has 0 unspecified atom stereocenters. The summed E-state index contributed by atoms with van der Waals surface area (Å²) < 4.78 is 43.6. The minimum absolute atomic E-state index is 0.000600. The Hall–Kier alpha value is -4.44. The van der Waals surface area contributed by atoms with E-state index in [-0.39, 0.29) is 22.3 Å². The number of carbonyl (C=O) groups excluding carboxylic acids is 1. The van der Waals surface area contributed by atoms with Crippen molar-refractivity contribution >= 4 is 21.4 Å². The smallest absolute Gasteiger partial charge is 0.230 e. The van der Waals surface area contributed by atoms with Gasteiger partial charge in [-0.1, -0.05) is 23.8 Å². The maximum absolute atomic E-state index is 13.5. The van der Waals surface area contributed by atoms with Crippen molar-refractivity contribution in [1.82, 2.24) is 9.97 Å². The molecule has 2 aromatic heterocycles. The number of pyridine rings is 2. The molecule has 40 heavy (non-hydrogen) atoms. The lowest BCUT2D eigenvalue weighted by molar-refractivity contribution is 0.101. The van der Waals surface area contributed by atoms with Crippen molar-refractivity contribution in [3.63, 3.8) is 0 Å². The number of Topliss-reactive ketones (excluding diaryl/α,β-unsaturated/α-hetero) is 1. The molecule has 4 rings (SSSR count). The number of hydrogen-bond donors (Lipinski definition) is 1. The fourth-order valence-electron chi connectivity index (χ4n) is 4.52. The summed E-state index contributed by atoms with van der Waals surface area (Å²) in [5.41, 5.74) is 10.3. The Labute approximate surface area is 233 Å². The number of aromatic nitrogens is 2. The molecule has 0 bridgehead atoms. The molecule has 0 radical (unpaired) electrons. The summed E-state index contributed by atoms with van der Waals surface area (Å²) in [6, 6.07) is 14.9. The van der Waals surface area contributed by atoms with Crippen molar-refractivity contribution in [3.05, 3.63) is 82.4 Å². The molecule has 10 heteroatoms. The number of ether oxygens (including phenoxy) is 3. The van der Waals surface area contributed by atoms with E-state index in [1.807, 2.05) is 52.0 Å². The first-order chi connectivity index (χ1) is 18.9. The molecule has 2 heterocycles. The second-order valence-corrected chi connectivity index (χ2v) is 11.4. The molecule has 208 valence electrons. The molecule has 0 fully saturated rings. The number of nitrogens with zero attached hydrogens (tertiary/aromatic N) is 2. The van der Waals surface area contributed by atoms with Gasteiger partial charge in [-0.3, -0.25) is 4.79 Å². The monoisotopic (exact) mass is 561 g/mol. The highest BCUT2D eigenvalue weighted by atomic mass is 32.2. The summed E-state index contributed by atoms with van der Waals surface area (Å²) >= 11 is 0. The third kappa shape index (κ3) is 5.91. The van der Waals surface area contributed by atoms with Crippen LogP contribution >= 0.6 is 0 Å². The average molecular weight is 562 g/mol. The van der Waals surface area contributed by atoms with E-state index in [0.717, 1.165) is 22.3 Å². The summed E-state index contributed by atoms with van der Waals surface area (Å²) in [4.78, 5) is 22.1. The van der Waals surface area contributed by atoms with Crippen molar-refractivity contribution in [2.75, 3.05) is 25.7 Å². The molecular weight excluding hydrogens is 530 g/mol. The van der Waals surface area contributed by atoms with Crippen LogP contribution in [0.2, 0.25) is 0 Å². The maximum atomic E-state index is 13.5. The highest BCUT2D eigenvalue weighted by Gasteiger charge is 2.27. The first-order valence-electron chi connectivity index (χ1n) is 12.4. The van der Waals surface area contributed by atoms with E-state index in [1.54, 1.807) is 20.3 Å². The van der Waals surface area contributed by atoms with Crippen LogP contribution in [0.3, 0.4) is 0 Å². The van der Waals surface area contributed by atoms with Crippen molar-refractivity contribution in [2.24, 2.45) is 0 Å². The van der Waals surface area contributed by atoms with Crippen molar-refractivity contribution in [3.8, 4) is 34.4 Å². The first-order valence-corrected chi connectivity index (χ1v) is 14.1. The number of carbonyl (C=O) groups is 1. The van der Waals surface area contributed by atoms with Crippen LogP contribution in [0.5, 0.6) is 23.1 Å². The van der Waals surface area contributed by atoms with Gasteiger partial charge >= 0.3 is 0 Å². The van der Waals surface area contributed by atoms with Crippen LogP contribution in [-0.2, 0) is 9.84 Å². The number of nitrogen functional groups attached to an aromatic ring is 1. The molecule has 0 amide bonds. The largest absolute Gasteiger partial charge is 0.496 e. The van der Waals surface area contributed by atoms with E-state index in [2.05, 4.69) is 4.98 Å². The molecule has 2 aromatic carbocycles. The predicted molar refractivity (Wildman–Crippen MR) is 153 cm³/mol. The quantitative estimate of drug-likeness (QED) is 0.266. The first kappa shape index (κ1) is 28.6. The number of methoxy groups -OCH3 is 2. The van der Waals surface area contributed by atoms with E-state index < -0.39 is 21.4 Å². The van der Waals surface area contributed by atoms with E-state index in [0.29, 0.717) is 28.5 Å². The van der Waals surface area contributed by atoms with Crippen molar-refractivity contribution < 1.29 is 27.4 Å². The molecule has 0 aliphatic carbocycles. The summed E-state index contributed by atoms with van der Waals surface area (Å²) in [5, 5.41) is -0.285. The second-order valence-electron chi connectivity index (χ2n) is 9.51. The standard InChI is InChI=1S/C30H31N3O6S/c1-17-12-19(3)29(20(4)13-17)39-30-21(23(34)16-40(35,36)27-9-7-8-26(31)33-27)10-11-22(32-30)28-24(37-5)14-18(2)15-25(28)38-6/h7-15H,16H2,1-6H3,(H2,31,33). The Bertz CT molecular complexity index is 1670. The van der Waals surface area contributed by atoms with E-state index in [4.69, 9.17) is 24.9 Å². The van der Waals surface area contributed by atoms with Crippen LogP contribution in [0.15, 0.2) is 59.6 Å². The van der Waals surface area contributed by atoms with Gasteiger partial charge in [0.15, 0.2) is 10.8 Å². The van der Waals surface area contributed by atoms with Crippen LogP contribution in [0.25, 0.3) is 11.3 Å². The summed E-state index contributed by atoms with van der Waals surface area (Å²) in [6.45, 7) is 7.67. The molecule has 4 aromatic rings. The SMILES string of the molecule is COc1cc(C)cc(OC)c1-c1ccc(C(=O)CS(=O)(=O)c2cccc(N)n2)c(Oc2c(C)cc(C)cc2C)n1. The van der Waals surface area contributed by atoms with Gasteiger partial charge < -0.3 is 19.9 Å². The van der Waals surface area contributed by atoms with Crippen molar-refractivity contribution in [2.45, 2.75) is 32.7 Å². The molecule has 0 spiro atoms. The van der Waals surface area contributed by atoms with Gasteiger partial charge in [-0.15, -0.1) is 0 Å². The Balaban J connectivity index is 1.86. The van der Waals surface area contributed by atoms with Crippen LogP contribution < -0.4 is 19.9 Å². The third-order valence-electron chi connectivity index (χ3n) is 6.26. The van der Waals surface area contributed by atoms with Gasteiger partial charge in [-0.25, -0.2) is 18.4 Å². The van der Waals surface area contributed by atoms with Gasteiger partial charge in [0.2, 0.25) is 15.7 Å². The molecular formula is C30H31N3O6S. The van der Waals surface area contributed by atoms with E-state index >= 15 is 0 Å². The number of ketones is 1. The second kappa shape index (κ2) is 11.4. The van der Waals surface area contributed by atoms with Crippen LogP contribution in [0.1, 0.15) is 32.6 Å². The molecule has 0 aliphatic rings. The molecule has 9 nitrogen and oxygen atoms in total. The topological polar surface area (TPSA) is 131 Å². The minimum atomic E-state index is -4.09. The highest BCUT2D eigenvalue weighted by molar-refractivity contribution is 7.92. The van der Waals surface area contributed by atoms with Crippen LogP contribution in [-0.4, -0.2) is 44.1 Å². The number of benzene rings is 2. The number of sulfone groups is 1. The Morgan fingerprint density at radius 2 is 1.45 bits per heavy atom. The lowest BCUT2D eigenvalue weighted by Crippen LogP contribution is -2.19. The summed E-state index contributed by atoms with van der Waals surface area (Å²) in [7, 11) is -1.01. The lowest BCUT2D eigenvalue weighted by atomic mass is 10.0. The van der Waals surface area contributed by atoms with E-state index in [1.165, 1.54) is 24.3 Å². The fourth-order valence-corrected chi connectivity index (χ4v) is 5.70. The number of hydrogen-bond acceptors (Lipinski definition) is 9. The average Bonchev–Trinajstić information content (AvgIpc) is 2.89. The normalized spacial score (nSPS) is 11.2. The molecule has 2 N–H and O–H groups in total. The highest BCUT2D eigenvalue weighted by Crippen LogP contribution is 2.40. The third-order valence-corrected chi connectivity index (χ3v) is 7.76. The van der Waals surface area contributed by atoms with Gasteiger partial charge in [0.05, 0.1) is 31.0 Å². The van der Waals surface area contributed by atoms with Gasteiger partial charge in [0, 0.05) is 0 Å². The molecule has 0 saturated heterocycles. The van der Waals surface area contributed by atoms with Crippen LogP contribution in [0.4, 0.5) is 5.82 Å². The van der Waals surface area contributed by atoms with Crippen molar-refractivity contribution in [1.29, 1.82) is 0 Å². The zero-order chi connectivity index (χ0) is 29.2. The Morgan fingerprint density at radius 3 is 2.02 bits per heavy atom. The van der Waals surface area contributed by atoms with Gasteiger partial charge in [-0.2, -0.15) is 0 Å². The molecule has 0 atom stereocenters. The van der Waals surface area contributed by atoms with Gasteiger partial charge in [0.25, 0.3) is 0 Å². The Kier molecular flexibility index (Phi) is 8.11. The summed E-state index contributed by atoms with van der Waals surface area (Å²) in [5.74, 6) is 0.00723. The van der Waals surface area contributed by atoms with Gasteiger partial charge in [-0.05, 0) is 80.8 Å². The number of anilines is 1. The zero-order valence-corrected chi connectivity index (χ0v) is 24.0. The Morgan fingerprint density at radius 1 is 0.850 bits per heavy atom. The van der Waals surface area contributed by atoms with Crippen LogP contribution in [0, 0.1) is 27.7 Å². The predicted octanol–water partition coefficient (Wildman–Crippen LogP) is 5.43. The van der Waals surface area contributed by atoms with E-state index in [9.17, 15) is 13.2 Å². The lowest BCUT2D eigenvalue weighted by Gasteiger charge is -2.18.